The molecule has 5 N–H and O–H groups in total. The molecule has 5 heterocycles. The van der Waals surface area contributed by atoms with Crippen LogP contribution in [-0.4, -0.2) is 111 Å². The number of aromatic amines is 1. The molecule has 14 nitrogen and oxygen atoms in total. The highest BCUT2D eigenvalue weighted by molar-refractivity contribution is 6.37. The van der Waals surface area contributed by atoms with Gasteiger partial charge in [-0.2, -0.15) is 0 Å². The van der Waals surface area contributed by atoms with E-state index < -0.39 is 29.6 Å². The molecule has 0 radical (unpaired) electrons. The number of hydrogen-bond donors (Lipinski definition) is 5. The molecule has 0 saturated carbocycles. The fourth-order valence-electron chi connectivity index (χ4n) is 8.63. The molecule has 8 rings (SSSR count). The summed E-state index contributed by atoms with van der Waals surface area (Å²) in [5.74, 6) is -2.60. The second kappa shape index (κ2) is 15.5. The molecule has 1 unspecified atom stereocenters. The van der Waals surface area contributed by atoms with Crippen LogP contribution in [0.2, 0.25) is 0 Å². The van der Waals surface area contributed by atoms with Crippen LogP contribution in [0.4, 0.5) is 21.5 Å². The number of fused-ring (bicyclic) bond motifs is 2. The van der Waals surface area contributed by atoms with Crippen molar-refractivity contribution in [3.63, 3.8) is 0 Å². The Morgan fingerprint density at radius 2 is 1.75 bits per heavy atom. The Balaban J connectivity index is 0.847. The summed E-state index contributed by atoms with van der Waals surface area (Å²) in [6, 6.07) is 9.89. The Kier molecular flexibility index (Phi) is 10.4. The molecule has 0 bridgehead atoms. The largest absolute Gasteiger partial charge is 0.377 e. The van der Waals surface area contributed by atoms with E-state index in [0.29, 0.717) is 62.5 Å². The van der Waals surface area contributed by atoms with Gasteiger partial charge >= 0.3 is 0 Å². The number of hydrogen-bond acceptors (Lipinski definition) is 9. The van der Waals surface area contributed by atoms with E-state index in [9.17, 15) is 28.4 Å². The van der Waals surface area contributed by atoms with Gasteiger partial charge in [-0.3, -0.25) is 34.2 Å². The molecule has 3 aromatic rings. The van der Waals surface area contributed by atoms with Crippen LogP contribution in [0.5, 0.6) is 0 Å². The van der Waals surface area contributed by atoms with Crippen molar-refractivity contribution in [1.82, 2.24) is 25.8 Å². The summed E-state index contributed by atoms with van der Waals surface area (Å²) >= 11 is 0. The van der Waals surface area contributed by atoms with E-state index in [2.05, 4.69) is 60.0 Å². The molecule has 2 aromatic carbocycles. The number of aryl methyl sites for hydroxylation is 1. The van der Waals surface area contributed by atoms with Crippen LogP contribution in [-0.2, 0) is 25.5 Å². The maximum atomic E-state index is 14.7. The van der Waals surface area contributed by atoms with Gasteiger partial charge in [0.15, 0.2) is 0 Å². The standard InChI is InChI=1S/C41H47FN8O6/c1-23-22-56-19-18-50(23)26-5-9-32-30(21-26)36(41(55)45-32)28-7-6-27-35(24(2)44-37(27)28)40(54)43-12-3-13-48-14-16-49(17-15-48)25-4-8-31(42)29(20-25)38(52)46-33-10-11-34(51)47-39(33)53/h4-5,8-9,20-21,23,33,44H,3,6-7,10-19,22H2,1-2H3,(H,43,54)(H,45,55)(H,46,52)(H,47,51,53)/b36-28-/t23-,33?/m1/s1. The first-order chi connectivity index (χ1) is 27.0. The van der Waals surface area contributed by atoms with Crippen LogP contribution in [0, 0.1) is 12.7 Å². The van der Waals surface area contributed by atoms with Crippen LogP contribution in [0.1, 0.15) is 75.8 Å². The summed E-state index contributed by atoms with van der Waals surface area (Å²) in [6.07, 6.45) is 2.38. The number of piperazine rings is 1. The van der Waals surface area contributed by atoms with E-state index >= 15 is 0 Å². The number of ether oxygens (including phenoxy) is 1. The molecule has 5 aliphatic rings. The third-order valence-corrected chi connectivity index (χ3v) is 11.6. The third-order valence-electron chi connectivity index (χ3n) is 11.6. The molecule has 1 aromatic heterocycles. The molecule has 3 fully saturated rings. The van der Waals surface area contributed by atoms with E-state index in [4.69, 9.17) is 4.74 Å². The van der Waals surface area contributed by atoms with Crippen molar-refractivity contribution < 1.29 is 33.1 Å². The molecule has 5 amide bonds. The Hall–Kier alpha value is -5.54. The summed E-state index contributed by atoms with van der Waals surface area (Å²) in [5, 5.41) is 10.9. The predicted molar refractivity (Wildman–Crippen MR) is 209 cm³/mol. The van der Waals surface area contributed by atoms with Crippen molar-refractivity contribution in [2.75, 3.05) is 74.1 Å². The van der Waals surface area contributed by atoms with Gasteiger partial charge in [-0.15, -0.1) is 0 Å². The normalized spacial score (nSPS) is 22.4. The van der Waals surface area contributed by atoms with E-state index in [-0.39, 0.29) is 36.3 Å². The van der Waals surface area contributed by atoms with Crippen molar-refractivity contribution in [1.29, 1.82) is 0 Å². The molecule has 0 spiro atoms. The average Bonchev–Trinajstić information content (AvgIpc) is 3.84. The smallest absolute Gasteiger partial charge is 0.256 e. The van der Waals surface area contributed by atoms with Crippen LogP contribution in [0.3, 0.4) is 0 Å². The zero-order chi connectivity index (χ0) is 39.1. The fraction of sp³-hybridized carbons (Fsp3) is 0.439. The van der Waals surface area contributed by atoms with Crippen molar-refractivity contribution in [3.8, 4) is 0 Å². The number of rotatable bonds is 9. The van der Waals surface area contributed by atoms with Gasteiger partial charge in [0.05, 0.1) is 29.9 Å². The van der Waals surface area contributed by atoms with E-state index in [1.807, 2.05) is 13.0 Å². The van der Waals surface area contributed by atoms with E-state index in [1.54, 1.807) is 6.07 Å². The number of benzene rings is 2. The van der Waals surface area contributed by atoms with Gasteiger partial charge < -0.3 is 35.5 Å². The van der Waals surface area contributed by atoms with E-state index in [1.165, 1.54) is 12.1 Å². The zero-order valence-electron chi connectivity index (χ0n) is 31.7. The van der Waals surface area contributed by atoms with Gasteiger partial charge in [0.2, 0.25) is 11.8 Å². The maximum Gasteiger partial charge on any atom is 0.256 e. The second-order valence-corrected chi connectivity index (χ2v) is 15.2. The fourth-order valence-corrected chi connectivity index (χ4v) is 8.63. The highest BCUT2D eigenvalue weighted by Crippen LogP contribution is 2.45. The molecule has 294 valence electrons. The minimum atomic E-state index is -0.890. The Labute approximate surface area is 324 Å². The van der Waals surface area contributed by atoms with Crippen LogP contribution in [0.25, 0.3) is 11.1 Å². The van der Waals surface area contributed by atoms with Gasteiger partial charge in [-0.1, -0.05) is 0 Å². The number of H-pyrrole nitrogens is 1. The molecule has 4 aliphatic heterocycles. The number of imide groups is 1. The number of halogens is 1. The van der Waals surface area contributed by atoms with Gasteiger partial charge in [-0.25, -0.2) is 4.39 Å². The number of nitrogens with one attached hydrogen (secondary N) is 5. The maximum absolute atomic E-state index is 14.7. The Morgan fingerprint density at radius 3 is 2.54 bits per heavy atom. The molecule has 1 aliphatic carbocycles. The number of morpholine rings is 1. The Morgan fingerprint density at radius 1 is 0.946 bits per heavy atom. The average molecular weight is 767 g/mol. The number of piperidine rings is 1. The minimum Gasteiger partial charge on any atom is -0.377 e. The summed E-state index contributed by atoms with van der Waals surface area (Å²) in [4.78, 5) is 73.5. The van der Waals surface area contributed by atoms with Crippen molar-refractivity contribution in [3.05, 3.63) is 75.9 Å². The highest BCUT2D eigenvalue weighted by Gasteiger charge is 2.35. The first-order valence-corrected chi connectivity index (χ1v) is 19.5. The van der Waals surface area contributed by atoms with E-state index in [0.717, 1.165) is 72.1 Å². The first-order valence-electron chi connectivity index (χ1n) is 19.5. The minimum absolute atomic E-state index is 0.110. The van der Waals surface area contributed by atoms with Gasteiger partial charge in [0.1, 0.15) is 11.9 Å². The van der Waals surface area contributed by atoms with Crippen molar-refractivity contribution in [2.24, 2.45) is 0 Å². The quantitative estimate of drug-likeness (QED) is 0.125. The molecule has 3 saturated heterocycles. The van der Waals surface area contributed by atoms with Gasteiger partial charge in [0, 0.05) is 85.7 Å². The summed E-state index contributed by atoms with van der Waals surface area (Å²) in [5.41, 5.74) is 8.20. The number of amides is 5. The SMILES string of the molecule is Cc1[nH]c2c(c1C(=O)NCCCN1CCN(c3ccc(F)c(C(=O)NC4CCC(=O)NC4=O)c3)CC1)CC/C2=C1/C(=O)Nc2ccc(N3CCOC[C@H]3C)cc21. The lowest BCUT2D eigenvalue weighted by molar-refractivity contribution is -0.134. The topological polar surface area (TPSA) is 168 Å². The number of allylic oxidation sites excluding steroid dienone is 1. The number of carbonyl (C=O) groups excluding carboxylic acids is 5. The molecule has 2 atom stereocenters. The molecule has 56 heavy (non-hydrogen) atoms. The highest BCUT2D eigenvalue weighted by atomic mass is 19.1. The number of anilines is 3. The zero-order valence-corrected chi connectivity index (χ0v) is 31.7. The van der Waals surface area contributed by atoms with Crippen LogP contribution in [0.15, 0.2) is 36.4 Å². The number of carbonyl (C=O) groups is 5. The number of aromatic nitrogens is 1. The summed E-state index contributed by atoms with van der Waals surface area (Å²) in [7, 11) is 0. The molecular formula is C41H47FN8O6. The molecule has 15 heteroatoms. The predicted octanol–water partition coefficient (Wildman–Crippen LogP) is 2.97. The number of nitrogens with zero attached hydrogens (tertiary/aromatic N) is 3. The van der Waals surface area contributed by atoms with Crippen LogP contribution >= 0.6 is 0 Å². The van der Waals surface area contributed by atoms with Crippen LogP contribution < -0.4 is 31.1 Å². The summed E-state index contributed by atoms with van der Waals surface area (Å²) in [6.45, 7) is 10.3. The Bertz CT molecular complexity index is 2140. The lowest BCUT2D eigenvalue weighted by Crippen LogP contribution is -2.52. The van der Waals surface area contributed by atoms with Gasteiger partial charge in [-0.05, 0) is 93.6 Å². The lowest BCUT2D eigenvalue weighted by Gasteiger charge is -2.36. The second-order valence-electron chi connectivity index (χ2n) is 15.2. The monoisotopic (exact) mass is 766 g/mol. The van der Waals surface area contributed by atoms with Crippen molar-refractivity contribution >= 4 is 57.7 Å². The third kappa shape index (κ3) is 7.28. The summed E-state index contributed by atoms with van der Waals surface area (Å²) < 4.78 is 20.3. The van der Waals surface area contributed by atoms with Crippen molar-refractivity contribution in [2.45, 2.75) is 58.0 Å². The first kappa shape index (κ1) is 37.4. The lowest BCUT2D eigenvalue weighted by atomic mass is 9.98. The molecular weight excluding hydrogens is 719 g/mol. The van der Waals surface area contributed by atoms with Gasteiger partial charge in [0.25, 0.3) is 17.7 Å².